The lowest BCUT2D eigenvalue weighted by molar-refractivity contribution is 0.0658. The first-order valence-electron chi connectivity index (χ1n) is 11.0. The molecule has 1 fully saturated rings. The van der Waals surface area contributed by atoms with Crippen LogP contribution in [0.1, 0.15) is 27.5 Å². The third-order valence-corrected chi connectivity index (χ3v) is 5.31. The van der Waals surface area contributed by atoms with Crippen LogP contribution in [0.3, 0.4) is 0 Å². The SMILES string of the molecule is Cc1ccc(NC(=O)N/C(=N\c2nc(C)cc(C)n2)N2CCN(C(=O)c3ccco3)CC2)cc1. The van der Waals surface area contributed by atoms with E-state index in [-0.39, 0.29) is 11.9 Å². The molecule has 3 aromatic rings. The van der Waals surface area contributed by atoms with Crippen LogP contribution in [-0.2, 0) is 0 Å². The van der Waals surface area contributed by atoms with E-state index < -0.39 is 6.03 Å². The van der Waals surface area contributed by atoms with Crippen molar-refractivity contribution in [2.75, 3.05) is 31.5 Å². The van der Waals surface area contributed by atoms with E-state index in [1.807, 2.05) is 56.0 Å². The highest BCUT2D eigenvalue weighted by Gasteiger charge is 2.26. The van der Waals surface area contributed by atoms with Gasteiger partial charge in [-0.2, -0.15) is 4.99 Å². The van der Waals surface area contributed by atoms with Crippen molar-refractivity contribution in [2.24, 2.45) is 4.99 Å². The van der Waals surface area contributed by atoms with Crippen LogP contribution >= 0.6 is 0 Å². The van der Waals surface area contributed by atoms with Gasteiger partial charge in [0.1, 0.15) is 0 Å². The highest BCUT2D eigenvalue weighted by Crippen LogP contribution is 2.13. The van der Waals surface area contributed by atoms with E-state index in [9.17, 15) is 9.59 Å². The lowest BCUT2D eigenvalue weighted by Gasteiger charge is -2.35. The molecule has 176 valence electrons. The van der Waals surface area contributed by atoms with Gasteiger partial charge in [0.2, 0.25) is 5.96 Å². The maximum Gasteiger partial charge on any atom is 0.326 e. The Kier molecular flexibility index (Phi) is 6.86. The van der Waals surface area contributed by atoms with Gasteiger partial charge in [-0.25, -0.2) is 14.8 Å². The van der Waals surface area contributed by atoms with Gasteiger partial charge in [0, 0.05) is 43.3 Å². The van der Waals surface area contributed by atoms with Gasteiger partial charge < -0.3 is 19.5 Å². The number of benzene rings is 1. The van der Waals surface area contributed by atoms with Crippen molar-refractivity contribution in [1.29, 1.82) is 0 Å². The average Bonchev–Trinajstić information content (AvgIpc) is 3.34. The normalized spacial score (nSPS) is 14.1. The van der Waals surface area contributed by atoms with Gasteiger partial charge in [-0.15, -0.1) is 0 Å². The Balaban J connectivity index is 1.50. The second-order valence-electron chi connectivity index (χ2n) is 8.09. The summed E-state index contributed by atoms with van der Waals surface area (Å²) < 4.78 is 5.23. The van der Waals surface area contributed by atoms with Crippen molar-refractivity contribution < 1.29 is 14.0 Å². The molecule has 10 nitrogen and oxygen atoms in total. The summed E-state index contributed by atoms with van der Waals surface area (Å²) >= 11 is 0. The van der Waals surface area contributed by atoms with Crippen molar-refractivity contribution in [3.63, 3.8) is 0 Å². The molecule has 2 aromatic heterocycles. The summed E-state index contributed by atoms with van der Waals surface area (Å²) in [4.78, 5) is 42.3. The monoisotopic (exact) mass is 461 g/mol. The predicted molar refractivity (Wildman–Crippen MR) is 128 cm³/mol. The summed E-state index contributed by atoms with van der Waals surface area (Å²) in [5.41, 5.74) is 3.33. The van der Waals surface area contributed by atoms with Crippen LogP contribution in [0.2, 0.25) is 0 Å². The second-order valence-corrected chi connectivity index (χ2v) is 8.09. The highest BCUT2D eigenvalue weighted by atomic mass is 16.3. The van der Waals surface area contributed by atoms with Crippen molar-refractivity contribution >= 4 is 29.5 Å². The Morgan fingerprint density at radius 3 is 2.21 bits per heavy atom. The molecular weight excluding hydrogens is 434 g/mol. The van der Waals surface area contributed by atoms with Gasteiger partial charge in [0.05, 0.1) is 6.26 Å². The van der Waals surface area contributed by atoms with Gasteiger partial charge in [-0.1, -0.05) is 17.7 Å². The molecule has 0 radical (unpaired) electrons. The second kappa shape index (κ2) is 10.2. The fourth-order valence-corrected chi connectivity index (χ4v) is 3.61. The van der Waals surface area contributed by atoms with E-state index in [0.29, 0.717) is 43.6 Å². The van der Waals surface area contributed by atoms with Crippen LogP contribution < -0.4 is 10.6 Å². The van der Waals surface area contributed by atoms with Crippen LogP contribution in [-0.4, -0.2) is 63.8 Å². The molecule has 3 amide bonds. The number of amides is 3. The number of aliphatic imine (C=N–C) groups is 1. The van der Waals surface area contributed by atoms with Gasteiger partial charge in [0.25, 0.3) is 11.9 Å². The topological polar surface area (TPSA) is 116 Å². The smallest absolute Gasteiger partial charge is 0.326 e. The van der Waals surface area contributed by atoms with Gasteiger partial charge in [-0.3, -0.25) is 10.1 Å². The molecule has 0 spiro atoms. The number of nitrogens with zero attached hydrogens (tertiary/aromatic N) is 5. The van der Waals surface area contributed by atoms with E-state index in [4.69, 9.17) is 4.42 Å². The number of guanidine groups is 1. The Hall–Kier alpha value is -4.21. The van der Waals surface area contributed by atoms with Crippen LogP contribution in [0.4, 0.5) is 16.4 Å². The minimum Gasteiger partial charge on any atom is -0.459 e. The number of rotatable bonds is 3. The van der Waals surface area contributed by atoms with E-state index in [1.165, 1.54) is 6.26 Å². The summed E-state index contributed by atoms with van der Waals surface area (Å²) in [6.45, 7) is 7.56. The van der Waals surface area contributed by atoms with Crippen molar-refractivity contribution in [3.05, 3.63) is 71.4 Å². The fourth-order valence-electron chi connectivity index (χ4n) is 3.61. The number of furan rings is 1. The number of aryl methyl sites for hydroxylation is 3. The number of hydrogen-bond donors (Lipinski definition) is 2. The number of anilines is 1. The third-order valence-electron chi connectivity index (χ3n) is 5.31. The zero-order valence-electron chi connectivity index (χ0n) is 19.4. The first-order chi connectivity index (χ1) is 16.4. The molecule has 10 heteroatoms. The van der Waals surface area contributed by atoms with E-state index in [1.54, 1.807) is 17.0 Å². The van der Waals surface area contributed by atoms with Gasteiger partial charge >= 0.3 is 6.03 Å². The molecule has 2 N–H and O–H groups in total. The number of carbonyl (C=O) groups is 2. The number of aromatic nitrogens is 2. The molecule has 3 heterocycles. The lowest BCUT2D eigenvalue weighted by atomic mass is 10.2. The molecular formula is C24H27N7O3. The Labute approximate surface area is 197 Å². The molecule has 1 saturated heterocycles. The van der Waals surface area contributed by atoms with E-state index >= 15 is 0 Å². The van der Waals surface area contributed by atoms with Crippen molar-refractivity contribution in [3.8, 4) is 0 Å². The van der Waals surface area contributed by atoms with Gasteiger partial charge in [0.15, 0.2) is 5.76 Å². The number of carbonyl (C=O) groups excluding carboxylic acids is 2. The minimum atomic E-state index is -0.430. The first-order valence-corrected chi connectivity index (χ1v) is 11.0. The molecule has 34 heavy (non-hydrogen) atoms. The fraction of sp³-hybridized carbons (Fsp3) is 0.292. The number of piperazine rings is 1. The zero-order chi connectivity index (χ0) is 24.1. The molecule has 1 aliphatic rings. The molecule has 0 atom stereocenters. The number of nitrogens with one attached hydrogen (secondary N) is 2. The maximum absolute atomic E-state index is 12.8. The van der Waals surface area contributed by atoms with Gasteiger partial charge in [-0.05, 0) is 51.1 Å². The lowest BCUT2D eigenvalue weighted by Crippen LogP contribution is -2.55. The number of hydrogen-bond acceptors (Lipinski definition) is 6. The minimum absolute atomic E-state index is 0.161. The summed E-state index contributed by atoms with van der Waals surface area (Å²) in [5, 5.41) is 5.65. The molecule has 0 bridgehead atoms. The van der Waals surface area contributed by atoms with Crippen LogP contribution in [0.25, 0.3) is 0 Å². The predicted octanol–water partition coefficient (Wildman–Crippen LogP) is 3.26. The summed E-state index contributed by atoms with van der Waals surface area (Å²) in [6.07, 6.45) is 1.48. The quantitative estimate of drug-likeness (QED) is 0.457. The highest BCUT2D eigenvalue weighted by molar-refractivity contribution is 6.03. The zero-order valence-corrected chi connectivity index (χ0v) is 19.4. The molecule has 1 aliphatic heterocycles. The van der Waals surface area contributed by atoms with Crippen LogP contribution in [0, 0.1) is 20.8 Å². The van der Waals surface area contributed by atoms with Crippen LogP contribution in [0.5, 0.6) is 0 Å². The van der Waals surface area contributed by atoms with Crippen molar-refractivity contribution in [1.82, 2.24) is 25.1 Å². The Morgan fingerprint density at radius 1 is 0.941 bits per heavy atom. The molecule has 0 unspecified atom stereocenters. The molecule has 0 saturated carbocycles. The van der Waals surface area contributed by atoms with E-state index in [0.717, 1.165) is 17.0 Å². The summed E-state index contributed by atoms with van der Waals surface area (Å²) in [6, 6.07) is 12.3. The third kappa shape index (κ3) is 5.77. The Bertz CT molecular complexity index is 1160. The standard InChI is InChI=1S/C24H27N7O3/c1-16-6-8-19(9-7-16)27-24(33)29-23(28-22-25-17(2)15-18(3)26-22)31-12-10-30(11-13-31)21(32)20-5-4-14-34-20/h4-9,14-15H,10-13H2,1-3H3,(H2,25,26,27,28,29,33). The van der Waals surface area contributed by atoms with Crippen LogP contribution in [0.15, 0.2) is 58.1 Å². The molecule has 0 aliphatic carbocycles. The summed E-state index contributed by atoms with van der Waals surface area (Å²) in [7, 11) is 0. The largest absolute Gasteiger partial charge is 0.459 e. The maximum atomic E-state index is 12.8. The molecule has 1 aromatic carbocycles. The van der Waals surface area contributed by atoms with Crippen molar-refractivity contribution in [2.45, 2.75) is 20.8 Å². The Morgan fingerprint density at radius 2 is 1.59 bits per heavy atom. The first kappa shape index (κ1) is 23.0. The number of urea groups is 1. The average molecular weight is 462 g/mol. The summed E-state index contributed by atoms with van der Waals surface area (Å²) in [5.74, 6) is 0.726. The molecule has 4 rings (SSSR count). The van der Waals surface area contributed by atoms with E-state index in [2.05, 4.69) is 25.6 Å².